The first kappa shape index (κ1) is 19.0. The molecule has 1 aromatic carbocycles. The molecule has 0 bridgehead atoms. The first-order valence-corrected chi connectivity index (χ1v) is 9.40. The number of anilines is 1. The maximum atomic E-state index is 15.3. The minimum Gasteiger partial charge on any atom is -0.362 e. The van der Waals surface area contributed by atoms with E-state index in [0.717, 1.165) is 12.8 Å². The molecule has 4 rings (SSSR count). The quantitative estimate of drug-likeness (QED) is 0.833. The summed E-state index contributed by atoms with van der Waals surface area (Å²) in [6.07, 6.45) is 1.56. The van der Waals surface area contributed by atoms with E-state index in [1.807, 2.05) is 0 Å². The lowest BCUT2D eigenvalue weighted by Crippen LogP contribution is -2.39. The molecule has 1 aromatic heterocycles. The lowest BCUT2D eigenvalue weighted by Gasteiger charge is -2.25. The molecule has 28 heavy (non-hydrogen) atoms. The molecule has 2 fully saturated rings. The maximum Gasteiger partial charge on any atom is 0.329 e. The molecule has 0 radical (unpaired) electrons. The van der Waals surface area contributed by atoms with Crippen LogP contribution in [0.3, 0.4) is 0 Å². The lowest BCUT2D eigenvalue weighted by atomic mass is 9.98. The average molecular weight is 396 g/mol. The number of benzene rings is 1. The number of aryl methyl sites for hydroxylation is 2. The first-order chi connectivity index (χ1) is 13.0. The number of fused-ring (bicyclic) bond motifs is 1. The minimum absolute atomic E-state index is 0.0206. The van der Waals surface area contributed by atoms with Crippen LogP contribution in [0.1, 0.15) is 36.9 Å². The van der Waals surface area contributed by atoms with Gasteiger partial charge in [-0.2, -0.15) is 0 Å². The van der Waals surface area contributed by atoms with Gasteiger partial charge in [-0.15, -0.1) is 0 Å². The zero-order valence-corrected chi connectivity index (χ0v) is 16.0. The van der Waals surface area contributed by atoms with E-state index in [0.29, 0.717) is 11.1 Å². The van der Waals surface area contributed by atoms with Crippen molar-refractivity contribution in [3.05, 3.63) is 37.8 Å². The summed E-state index contributed by atoms with van der Waals surface area (Å²) in [5.41, 5.74) is 5.25. The molecule has 0 amide bonds. The minimum atomic E-state index is -3.06. The third-order valence-corrected chi connectivity index (χ3v) is 5.99. The van der Waals surface area contributed by atoms with Crippen molar-refractivity contribution in [2.45, 2.75) is 51.6 Å². The highest BCUT2D eigenvalue weighted by atomic mass is 19.3. The Morgan fingerprint density at radius 2 is 1.86 bits per heavy atom. The topological polar surface area (TPSA) is 84.1 Å². The van der Waals surface area contributed by atoms with Crippen molar-refractivity contribution < 1.29 is 13.2 Å². The summed E-state index contributed by atoms with van der Waals surface area (Å²) in [7, 11) is 0. The Hall–Kier alpha value is -2.29. The molecular weight excluding hydrogens is 373 g/mol. The zero-order valence-electron chi connectivity index (χ0n) is 16.0. The van der Waals surface area contributed by atoms with Crippen LogP contribution in [0.5, 0.6) is 0 Å². The van der Waals surface area contributed by atoms with Crippen molar-refractivity contribution in [1.82, 2.24) is 9.55 Å². The fourth-order valence-electron chi connectivity index (χ4n) is 4.42. The number of rotatable bonds is 3. The van der Waals surface area contributed by atoms with Crippen LogP contribution in [-0.4, -0.2) is 34.6 Å². The Kier molecular flexibility index (Phi) is 4.15. The van der Waals surface area contributed by atoms with Crippen molar-refractivity contribution in [3.63, 3.8) is 0 Å². The Balaban J connectivity index is 2.00. The van der Waals surface area contributed by atoms with Crippen molar-refractivity contribution in [1.29, 1.82) is 0 Å². The largest absolute Gasteiger partial charge is 0.362 e. The molecule has 2 atom stereocenters. The number of nitrogens with two attached hydrogens (primary N) is 1. The molecule has 1 saturated carbocycles. The van der Waals surface area contributed by atoms with Gasteiger partial charge in [0.05, 0.1) is 29.1 Å². The number of aromatic amines is 1. The van der Waals surface area contributed by atoms with Crippen molar-refractivity contribution >= 4 is 16.6 Å². The third kappa shape index (κ3) is 2.67. The van der Waals surface area contributed by atoms with Gasteiger partial charge in [-0.3, -0.25) is 14.3 Å². The molecule has 3 N–H and O–H groups in total. The van der Waals surface area contributed by atoms with E-state index in [4.69, 9.17) is 5.73 Å². The predicted molar refractivity (Wildman–Crippen MR) is 101 cm³/mol. The van der Waals surface area contributed by atoms with Crippen molar-refractivity contribution in [2.24, 2.45) is 11.7 Å². The lowest BCUT2D eigenvalue weighted by molar-refractivity contribution is -0.0273. The molecule has 6 nitrogen and oxygen atoms in total. The molecular formula is C19H23F3N4O2. The fraction of sp³-hybridized carbons (Fsp3) is 0.579. The molecule has 2 unspecified atom stereocenters. The number of nitrogens with zero attached hydrogens (tertiary/aromatic N) is 2. The number of H-pyrrole nitrogens is 1. The van der Waals surface area contributed by atoms with Gasteiger partial charge < -0.3 is 10.6 Å². The highest BCUT2D eigenvalue weighted by Crippen LogP contribution is 2.43. The van der Waals surface area contributed by atoms with Gasteiger partial charge in [-0.25, -0.2) is 18.0 Å². The molecule has 152 valence electrons. The van der Waals surface area contributed by atoms with E-state index in [1.165, 1.54) is 23.3 Å². The second-order valence-electron chi connectivity index (χ2n) is 8.10. The number of alkyl halides is 2. The van der Waals surface area contributed by atoms with Crippen LogP contribution in [0.25, 0.3) is 10.9 Å². The molecule has 1 aliphatic carbocycles. The summed E-state index contributed by atoms with van der Waals surface area (Å²) >= 11 is 0. The molecule has 0 spiro atoms. The average Bonchev–Trinajstić information content (AvgIpc) is 3.35. The van der Waals surface area contributed by atoms with Crippen LogP contribution in [0.4, 0.5) is 18.9 Å². The van der Waals surface area contributed by atoms with Gasteiger partial charge >= 0.3 is 5.69 Å². The SMILES string of the molecule is Cc1c(F)c(N2CC(C(C)N)C(F)(F)C2)c(C)c2c1c(=O)[nH]c(=O)n2C1CC1. The zero-order chi connectivity index (χ0) is 20.5. The second kappa shape index (κ2) is 6.10. The Labute approximate surface area is 159 Å². The monoisotopic (exact) mass is 396 g/mol. The first-order valence-electron chi connectivity index (χ1n) is 9.40. The Bertz CT molecular complexity index is 1090. The smallest absolute Gasteiger partial charge is 0.329 e. The van der Waals surface area contributed by atoms with Crippen LogP contribution in [0.2, 0.25) is 0 Å². The predicted octanol–water partition coefficient (Wildman–Crippen LogP) is 2.20. The van der Waals surface area contributed by atoms with Gasteiger partial charge in [0, 0.05) is 29.8 Å². The highest BCUT2D eigenvalue weighted by Gasteiger charge is 2.50. The standard InChI is InChI=1S/C19H23F3N4O2/c1-8-13-15(26(11-4-5-11)18(28)24-17(13)27)9(2)16(14(8)20)25-6-12(10(3)23)19(21,22)7-25/h10-12H,4-7,23H2,1-3H3,(H,24,27,28). The third-order valence-electron chi connectivity index (χ3n) is 5.99. The number of halogens is 3. The Morgan fingerprint density at radius 3 is 2.39 bits per heavy atom. The van der Waals surface area contributed by atoms with Gasteiger partial charge in [-0.1, -0.05) is 0 Å². The fourth-order valence-corrected chi connectivity index (χ4v) is 4.42. The van der Waals surface area contributed by atoms with Crippen molar-refractivity contribution in [3.8, 4) is 0 Å². The summed E-state index contributed by atoms with van der Waals surface area (Å²) in [4.78, 5) is 28.4. The van der Waals surface area contributed by atoms with E-state index in [-0.39, 0.29) is 29.2 Å². The van der Waals surface area contributed by atoms with E-state index in [9.17, 15) is 18.4 Å². The Morgan fingerprint density at radius 1 is 1.21 bits per heavy atom. The van der Waals surface area contributed by atoms with E-state index < -0.39 is 41.5 Å². The summed E-state index contributed by atoms with van der Waals surface area (Å²) in [5.74, 6) is -4.87. The van der Waals surface area contributed by atoms with Crippen LogP contribution in [-0.2, 0) is 0 Å². The maximum absolute atomic E-state index is 15.3. The normalized spacial score (nSPS) is 22.8. The molecule has 1 saturated heterocycles. The van der Waals surface area contributed by atoms with E-state index >= 15 is 4.39 Å². The summed E-state index contributed by atoms with van der Waals surface area (Å²) < 4.78 is 45.7. The number of hydrogen-bond acceptors (Lipinski definition) is 4. The molecule has 1 aliphatic heterocycles. The van der Waals surface area contributed by atoms with Crippen LogP contribution < -0.4 is 21.9 Å². The number of hydrogen-bond donors (Lipinski definition) is 2. The van der Waals surface area contributed by atoms with Gasteiger partial charge in [0.15, 0.2) is 5.82 Å². The second-order valence-corrected chi connectivity index (χ2v) is 8.10. The number of aromatic nitrogens is 2. The van der Waals surface area contributed by atoms with E-state index in [2.05, 4.69) is 4.98 Å². The van der Waals surface area contributed by atoms with Crippen LogP contribution >= 0.6 is 0 Å². The van der Waals surface area contributed by atoms with Gasteiger partial charge in [0.2, 0.25) is 0 Å². The summed E-state index contributed by atoms with van der Waals surface area (Å²) in [6.45, 7) is 3.79. The summed E-state index contributed by atoms with van der Waals surface area (Å²) in [6, 6.07) is -0.822. The molecule has 2 heterocycles. The van der Waals surface area contributed by atoms with Gasteiger partial charge in [0.1, 0.15) is 0 Å². The highest BCUT2D eigenvalue weighted by molar-refractivity contribution is 5.90. The molecule has 9 heteroatoms. The van der Waals surface area contributed by atoms with E-state index in [1.54, 1.807) is 6.92 Å². The molecule has 2 aromatic rings. The summed E-state index contributed by atoms with van der Waals surface area (Å²) in [5, 5.41) is 0.0972. The number of nitrogens with one attached hydrogen (secondary N) is 1. The van der Waals surface area contributed by atoms with Crippen LogP contribution in [0, 0.1) is 25.6 Å². The molecule has 2 aliphatic rings. The van der Waals surface area contributed by atoms with Gasteiger partial charge in [-0.05, 0) is 33.6 Å². The van der Waals surface area contributed by atoms with Crippen molar-refractivity contribution in [2.75, 3.05) is 18.0 Å². The van der Waals surface area contributed by atoms with Crippen LogP contribution in [0.15, 0.2) is 9.59 Å². The van der Waals surface area contributed by atoms with Gasteiger partial charge in [0.25, 0.3) is 11.5 Å².